The van der Waals surface area contributed by atoms with Crippen LogP contribution in [0.4, 0.5) is 13.2 Å². The van der Waals surface area contributed by atoms with Gasteiger partial charge in [0, 0.05) is 12.5 Å². The molecule has 5 heteroatoms. The molecule has 2 N–H and O–H groups in total. The van der Waals surface area contributed by atoms with Crippen LogP contribution in [0, 0.1) is 0 Å². The number of nitrogens with two attached hydrogens (primary N) is 1. The van der Waals surface area contributed by atoms with Crippen molar-refractivity contribution in [3.63, 3.8) is 0 Å². The van der Waals surface area contributed by atoms with E-state index in [0.29, 0.717) is 6.42 Å². The number of benzene rings is 2. The molecule has 0 saturated heterocycles. The van der Waals surface area contributed by atoms with Crippen LogP contribution in [-0.4, -0.2) is 6.61 Å². The number of alkyl halides is 3. The minimum atomic E-state index is -4.36. The molecule has 0 bridgehead atoms. The van der Waals surface area contributed by atoms with Gasteiger partial charge in [-0.15, -0.1) is 0 Å². The van der Waals surface area contributed by atoms with Crippen molar-refractivity contribution in [2.75, 3.05) is 6.61 Å². The van der Waals surface area contributed by atoms with E-state index in [-0.39, 0.29) is 18.4 Å². The lowest BCUT2D eigenvalue weighted by Crippen LogP contribution is -2.14. The SMILES string of the molecule is NC(CCOc1cccc(C(F)(F)F)c1)c1ccccc1. The second kappa shape index (κ2) is 6.63. The summed E-state index contributed by atoms with van der Waals surface area (Å²) in [5.74, 6) is 0.199. The first-order chi connectivity index (χ1) is 9.97. The average molecular weight is 295 g/mol. The predicted octanol–water partition coefficient (Wildman–Crippen LogP) is 4.17. The summed E-state index contributed by atoms with van der Waals surface area (Å²) in [6.07, 6.45) is -3.83. The van der Waals surface area contributed by atoms with Crippen LogP contribution >= 0.6 is 0 Å². The molecule has 0 fully saturated rings. The van der Waals surface area contributed by atoms with Gasteiger partial charge in [0.15, 0.2) is 0 Å². The maximum atomic E-state index is 12.6. The van der Waals surface area contributed by atoms with Crippen LogP contribution in [-0.2, 0) is 6.18 Å². The van der Waals surface area contributed by atoms with E-state index in [1.807, 2.05) is 30.3 Å². The second-order valence-electron chi connectivity index (χ2n) is 4.68. The molecule has 2 aromatic rings. The van der Waals surface area contributed by atoms with Crippen molar-refractivity contribution in [1.82, 2.24) is 0 Å². The molecule has 0 heterocycles. The second-order valence-corrected chi connectivity index (χ2v) is 4.68. The Bertz CT molecular complexity index is 569. The Hall–Kier alpha value is -2.01. The van der Waals surface area contributed by atoms with E-state index in [0.717, 1.165) is 17.7 Å². The summed E-state index contributed by atoms with van der Waals surface area (Å²) in [5.41, 5.74) is 6.26. The van der Waals surface area contributed by atoms with Gasteiger partial charge in [-0.25, -0.2) is 0 Å². The molecule has 0 aliphatic rings. The van der Waals surface area contributed by atoms with Crippen LogP contribution in [0.1, 0.15) is 23.6 Å². The largest absolute Gasteiger partial charge is 0.494 e. The van der Waals surface area contributed by atoms with Gasteiger partial charge < -0.3 is 10.5 Å². The van der Waals surface area contributed by atoms with E-state index in [1.54, 1.807) is 0 Å². The highest BCUT2D eigenvalue weighted by molar-refractivity contribution is 5.30. The van der Waals surface area contributed by atoms with Gasteiger partial charge in [0.25, 0.3) is 0 Å². The van der Waals surface area contributed by atoms with Gasteiger partial charge in [0.05, 0.1) is 12.2 Å². The van der Waals surface area contributed by atoms with Crippen LogP contribution in [0.25, 0.3) is 0 Å². The minimum absolute atomic E-state index is 0.197. The molecular formula is C16H16F3NO. The first kappa shape index (κ1) is 15.4. The Labute approximate surface area is 121 Å². The third kappa shape index (κ3) is 4.49. The van der Waals surface area contributed by atoms with Crippen molar-refractivity contribution in [1.29, 1.82) is 0 Å². The summed E-state index contributed by atoms with van der Waals surface area (Å²) in [4.78, 5) is 0. The van der Waals surface area contributed by atoms with Crippen LogP contribution < -0.4 is 10.5 Å². The fraction of sp³-hybridized carbons (Fsp3) is 0.250. The Morgan fingerprint density at radius 3 is 2.38 bits per heavy atom. The van der Waals surface area contributed by atoms with Gasteiger partial charge in [0.2, 0.25) is 0 Å². The predicted molar refractivity (Wildman–Crippen MR) is 74.9 cm³/mol. The van der Waals surface area contributed by atoms with Gasteiger partial charge in [-0.2, -0.15) is 13.2 Å². The highest BCUT2D eigenvalue weighted by Crippen LogP contribution is 2.31. The fourth-order valence-corrected chi connectivity index (χ4v) is 1.93. The van der Waals surface area contributed by atoms with Gasteiger partial charge in [-0.3, -0.25) is 0 Å². The summed E-state index contributed by atoms with van der Waals surface area (Å²) in [6.45, 7) is 0.261. The molecule has 0 aromatic heterocycles. The molecule has 2 rings (SSSR count). The fourth-order valence-electron chi connectivity index (χ4n) is 1.93. The van der Waals surface area contributed by atoms with E-state index >= 15 is 0 Å². The zero-order valence-corrected chi connectivity index (χ0v) is 11.3. The van der Waals surface area contributed by atoms with Gasteiger partial charge in [-0.1, -0.05) is 36.4 Å². The number of halogens is 3. The summed E-state index contributed by atoms with van der Waals surface area (Å²) < 4.78 is 43.0. The smallest absolute Gasteiger partial charge is 0.416 e. The van der Waals surface area contributed by atoms with E-state index in [9.17, 15) is 13.2 Å². The molecule has 0 aliphatic carbocycles. The quantitative estimate of drug-likeness (QED) is 0.898. The summed E-state index contributed by atoms with van der Waals surface area (Å²) in [7, 11) is 0. The van der Waals surface area contributed by atoms with Gasteiger partial charge in [0.1, 0.15) is 5.75 Å². The number of rotatable bonds is 5. The van der Waals surface area contributed by atoms with Crippen LogP contribution in [0.15, 0.2) is 54.6 Å². The normalized spacial score (nSPS) is 13.0. The van der Waals surface area contributed by atoms with E-state index in [2.05, 4.69) is 0 Å². The maximum absolute atomic E-state index is 12.6. The molecule has 1 atom stereocenters. The zero-order chi connectivity index (χ0) is 15.3. The monoisotopic (exact) mass is 295 g/mol. The van der Waals surface area contributed by atoms with Crippen molar-refractivity contribution in [2.45, 2.75) is 18.6 Å². The third-order valence-corrected chi connectivity index (χ3v) is 3.09. The highest BCUT2D eigenvalue weighted by atomic mass is 19.4. The van der Waals surface area contributed by atoms with Crippen LogP contribution in [0.3, 0.4) is 0 Å². The van der Waals surface area contributed by atoms with Crippen molar-refractivity contribution >= 4 is 0 Å². The summed E-state index contributed by atoms with van der Waals surface area (Å²) in [6, 6.07) is 14.2. The maximum Gasteiger partial charge on any atom is 0.416 e. The molecule has 2 nitrogen and oxygen atoms in total. The molecule has 0 radical (unpaired) electrons. The van der Waals surface area contributed by atoms with Crippen molar-refractivity contribution in [3.8, 4) is 5.75 Å². The lowest BCUT2D eigenvalue weighted by atomic mass is 10.1. The average Bonchev–Trinajstić information content (AvgIpc) is 2.47. The van der Waals surface area contributed by atoms with E-state index < -0.39 is 11.7 Å². The zero-order valence-electron chi connectivity index (χ0n) is 11.3. The minimum Gasteiger partial charge on any atom is -0.494 e. The highest BCUT2D eigenvalue weighted by Gasteiger charge is 2.30. The molecule has 2 aromatic carbocycles. The van der Waals surface area contributed by atoms with E-state index in [1.165, 1.54) is 12.1 Å². The lowest BCUT2D eigenvalue weighted by Gasteiger charge is -2.14. The Kier molecular flexibility index (Phi) is 4.85. The topological polar surface area (TPSA) is 35.2 Å². The van der Waals surface area contributed by atoms with Gasteiger partial charge in [-0.05, 0) is 23.8 Å². The molecule has 1 unspecified atom stereocenters. The molecular weight excluding hydrogens is 279 g/mol. The van der Waals surface area contributed by atoms with E-state index in [4.69, 9.17) is 10.5 Å². The summed E-state index contributed by atoms with van der Waals surface area (Å²) in [5, 5.41) is 0. The Morgan fingerprint density at radius 2 is 1.71 bits per heavy atom. The van der Waals surface area contributed by atoms with Crippen molar-refractivity contribution in [2.24, 2.45) is 5.73 Å². The van der Waals surface area contributed by atoms with Crippen molar-refractivity contribution < 1.29 is 17.9 Å². The summed E-state index contributed by atoms with van der Waals surface area (Å²) >= 11 is 0. The van der Waals surface area contributed by atoms with Crippen LogP contribution in [0.5, 0.6) is 5.75 Å². The molecule has 0 spiro atoms. The van der Waals surface area contributed by atoms with Gasteiger partial charge >= 0.3 is 6.18 Å². The third-order valence-electron chi connectivity index (χ3n) is 3.09. The number of ether oxygens (including phenoxy) is 1. The molecule has 21 heavy (non-hydrogen) atoms. The Morgan fingerprint density at radius 1 is 1.00 bits per heavy atom. The standard InChI is InChI=1S/C16H16F3NO/c17-16(18,19)13-7-4-8-14(11-13)21-10-9-15(20)12-5-2-1-3-6-12/h1-8,11,15H,9-10,20H2. The number of hydrogen-bond acceptors (Lipinski definition) is 2. The first-order valence-corrected chi connectivity index (χ1v) is 6.57. The molecule has 0 amide bonds. The first-order valence-electron chi connectivity index (χ1n) is 6.57. The molecule has 112 valence electrons. The Balaban J connectivity index is 1.89. The molecule has 0 aliphatic heterocycles. The lowest BCUT2D eigenvalue weighted by molar-refractivity contribution is -0.137. The van der Waals surface area contributed by atoms with Crippen molar-refractivity contribution in [3.05, 3.63) is 65.7 Å². The number of hydrogen-bond donors (Lipinski definition) is 1. The molecule has 0 saturated carbocycles. The van der Waals surface area contributed by atoms with Crippen LogP contribution in [0.2, 0.25) is 0 Å².